The van der Waals surface area contributed by atoms with E-state index in [-0.39, 0.29) is 17.2 Å². The topological polar surface area (TPSA) is 86.8 Å². The predicted molar refractivity (Wildman–Crippen MR) is 124 cm³/mol. The van der Waals surface area contributed by atoms with Crippen molar-refractivity contribution in [3.63, 3.8) is 0 Å². The molecule has 0 bridgehead atoms. The van der Waals surface area contributed by atoms with Crippen molar-refractivity contribution >= 4 is 26.6 Å². The van der Waals surface area contributed by atoms with Gasteiger partial charge in [0.2, 0.25) is 0 Å². The van der Waals surface area contributed by atoms with Crippen LogP contribution in [-0.2, 0) is 16.2 Å². The van der Waals surface area contributed by atoms with Crippen LogP contribution in [0.2, 0.25) is 0 Å². The number of fused-ring (bicyclic) bond motifs is 1. The minimum absolute atomic E-state index is 0.229. The number of nitrogens with zero attached hydrogens (tertiary/aromatic N) is 1. The van der Waals surface area contributed by atoms with Gasteiger partial charge in [-0.3, -0.25) is 9.71 Å². The van der Waals surface area contributed by atoms with E-state index in [2.05, 4.69) is 4.98 Å². The molecule has 0 atom stereocenters. The second-order valence-electron chi connectivity index (χ2n) is 7.38. The molecule has 0 aliphatic carbocycles. The average molecular weight is 522 g/mol. The van der Waals surface area contributed by atoms with Crippen molar-refractivity contribution in [3.05, 3.63) is 78.2 Å². The third-order valence-electron chi connectivity index (χ3n) is 5.09. The van der Waals surface area contributed by atoms with Gasteiger partial charge in [0.05, 0.1) is 35.9 Å². The van der Waals surface area contributed by atoms with E-state index in [1.807, 2.05) is 4.72 Å². The molecule has 0 saturated heterocycles. The molecular weight excluding hydrogens is 504 g/mol. The molecule has 12 heteroatoms. The van der Waals surface area contributed by atoms with Crippen molar-refractivity contribution in [2.45, 2.75) is 11.1 Å². The normalized spacial score (nSPS) is 11.8. The Balaban J connectivity index is 1.64. The Labute approximate surface area is 203 Å². The van der Waals surface area contributed by atoms with E-state index in [0.717, 1.165) is 30.3 Å². The molecule has 4 rings (SSSR count). The van der Waals surface area contributed by atoms with Gasteiger partial charge < -0.3 is 14.2 Å². The minimum atomic E-state index is -4.89. The zero-order valence-electron chi connectivity index (χ0n) is 18.8. The van der Waals surface area contributed by atoms with Crippen molar-refractivity contribution in [3.8, 4) is 23.0 Å². The van der Waals surface area contributed by atoms with E-state index in [0.29, 0.717) is 28.5 Å². The Morgan fingerprint density at radius 3 is 2.22 bits per heavy atom. The SMILES string of the molecule is COc1cc2nccc(Oc3ccc(NS(=O)(=O)c4ccccc4C(F)(F)F)cc3F)c2cc1OC. The van der Waals surface area contributed by atoms with E-state index in [9.17, 15) is 26.0 Å². The fraction of sp³-hybridized carbons (Fsp3) is 0.125. The molecule has 3 aromatic carbocycles. The maximum Gasteiger partial charge on any atom is 0.417 e. The lowest BCUT2D eigenvalue weighted by Gasteiger charge is -2.15. The molecule has 1 N–H and O–H groups in total. The summed E-state index contributed by atoms with van der Waals surface area (Å²) >= 11 is 0. The van der Waals surface area contributed by atoms with Crippen molar-refractivity contribution in [1.29, 1.82) is 0 Å². The lowest BCUT2D eigenvalue weighted by Crippen LogP contribution is -2.19. The highest BCUT2D eigenvalue weighted by atomic mass is 32.2. The average Bonchev–Trinajstić information content (AvgIpc) is 2.84. The number of sulfonamides is 1. The molecule has 36 heavy (non-hydrogen) atoms. The summed E-state index contributed by atoms with van der Waals surface area (Å²) in [5.74, 6) is -0.148. The molecule has 1 aromatic heterocycles. The molecule has 0 radical (unpaired) electrons. The lowest BCUT2D eigenvalue weighted by molar-refractivity contribution is -0.139. The van der Waals surface area contributed by atoms with Gasteiger partial charge in [-0.1, -0.05) is 12.1 Å². The number of halogens is 4. The first-order valence-electron chi connectivity index (χ1n) is 10.2. The summed E-state index contributed by atoms with van der Waals surface area (Å²) in [5.41, 5.74) is -1.14. The highest BCUT2D eigenvalue weighted by molar-refractivity contribution is 7.92. The number of hydrogen-bond donors (Lipinski definition) is 1. The number of pyridine rings is 1. The van der Waals surface area contributed by atoms with E-state index < -0.39 is 32.5 Å². The van der Waals surface area contributed by atoms with Gasteiger partial charge in [0.15, 0.2) is 23.1 Å². The van der Waals surface area contributed by atoms with Gasteiger partial charge >= 0.3 is 6.18 Å². The summed E-state index contributed by atoms with van der Waals surface area (Å²) in [5, 5.41) is 0.489. The van der Waals surface area contributed by atoms with Gasteiger partial charge in [-0.2, -0.15) is 13.2 Å². The number of alkyl halides is 3. The van der Waals surface area contributed by atoms with Crippen molar-refractivity contribution in [2.24, 2.45) is 0 Å². The van der Waals surface area contributed by atoms with Gasteiger partial charge in [-0.25, -0.2) is 12.8 Å². The fourth-order valence-electron chi connectivity index (χ4n) is 3.45. The Kier molecular flexibility index (Phi) is 6.63. The quantitative estimate of drug-likeness (QED) is 0.300. The van der Waals surface area contributed by atoms with Crippen LogP contribution >= 0.6 is 0 Å². The Hall–Kier alpha value is -4.06. The second-order valence-corrected chi connectivity index (χ2v) is 9.03. The number of nitrogens with one attached hydrogen (secondary N) is 1. The number of ether oxygens (including phenoxy) is 3. The number of hydrogen-bond acceptors (Lipinski definition) is 6. The van der Waals surface area contributed by atoms with Crippen LogP contribution < -0.4 is 18.9 Å². The molecule has 7 nitrogen and oxygen atoms in total. The first-order valence-corrected chi connectivity index (χ1v) is 11.7. The Morgan fingerprint density at radius 1 is 0.861 bits per heavy atom. The van der Waals surface area contributed by atoms with Crippen LogP contribution in [0.3, 0.4) is 0 Å². The first kappa shape index (κ1) is 25.0. The van der Waals surface area contributed by atoms with E-state index in [1.54, 1.807) is 12.1 Å². The first-order chi connectivity index (χ1) is 17.0. The summed E-state index contributed by atoms with van der Waals surface area (Å²) in [7, 11) is -1.75. The molecule has 188 valence electrons. The van der Waals surface area contributed by atoms with Crippen LogP contribution in [0.5, 0.6) is 23.0 Å². The molecule has 0 amide bonds. The van der Waals surface area contributed by atoms with Gasteiger partial charge in [0.1, 0.15) is 5.75 Å². The van der Waals surface area contributed by atoms with Gasteiger partial charge in [0, 0.05) is 23.7 Å². The van der Waals surface area contributed by atoms with Crippen LogP contribution in [0.1, 0.15) is 5.56 Å². The van der Waals surface area contributed by atoms with Crippen molar-refractivity contribution in [1.82, 2.24) is 4.98 Å². The third kappa shape index (κ3) is 4.98. The van der Waals surface area contributed by atoms with Crippen molar-refractivity contribution < 1.29 is 40.2 Å². The minimum Gasteiger partial charge on any atom is -0.493 e. The maximum absolute atomic E-state index is 14.8. The monoisotopic (exact) mass is 522 g/mol. The zero-order valence-corrected chi connectivity index (χ0v) is 19.6. The van der Waals surface area contributed by atoms with E-state index >= 15 is 0 Å². The van der Waals surface area contributed by atoms with Crippen LogP contribution in [0.15, 0.2) is 71.8 Å². The number of anilines is 1. The van der Waals surface area contributed by atoms with E-state index in [1.165, 1.54) is 32.5 Å². The molecule has 0 aliphatic heterocycles. The molecule has 0 aliphatic rings. The summed E-state index contributed by atoms with van der Waals surface area (Å²) in [6.07, 6.45) is -3.45. The van der Waals surface area contributed by atoms with Crippen LogP contribution in [-0.4, -0.2) is 27.6 Å². The number of rotatable bonds is 7. The van der Waals surface area contributed by atoms with Gasteiger partial charge in [0.25, 0.3) is 10.0 Å². The molecule has 0 unspecified atom stereocenters. The molecule has 0 saturated carbocycles. The molecule has 4 aromatic rings. The Bertz CT molecular complexity index is 1540. The number of benzene rings is 3. The summed E-state index contributed by atoms with van der Waals surface area (Å²) < 4.78 is 98.0. The fourth-order valence-corrected chi connectivity index (χ4v) is 4.73. The van der Waals surface area contributed by atoms with Crippen LogP contribution in [0, 0.1) is 5.82 Å². The van der Waals surface area contributed by atoms with Crippen LogP contribution in [0.25, 0.3) is 10.9 Å². The van der Waals surface area contributed by atoms with E-state index in [4.69, 9.17) is 14.2 Å². The largest absolute Gasteiger partial charge is 0.493 e. The number of aromatic nitrogens is 1. The predicted octanol–water partition coefficient (Wildman–Crippen LogP) is 6.00. The van der Waals surface area contributed by atoms with Gasteiger partial charge in [-0.15, -0.1) is 0 Å². The smallest absolute Gasteiger partial charge is 0.417 e. The molecule has 0 fully saturated rings. The second kappa shape index (κ2) is 9.53. The highest BCUT2D eigenvalue weighted by Crippen LogP contribution is 2.38. The highest BCUT2D eigenvalue weighted by Gasteiger charge is 2.37. The maximum atomic E-state index is 14.8. The summed E-state index contributed by atoms with van der Waals surface area (Å²) in [6.45, 7) is 0. The molecule has 1 heterocycles. The third-order valence-corrected chi connectivity index (χ3v) is 6.53. The standard InChI is InChI=1S/C24H18F4N2O5S/c1-33-21-12-15-18(13-22(21)34-2)29-10-9-19(15)35-20-8-7-14(11-17(20)25)30-36(31,32)23-6-4-3-5-16(23)24(26,27)28/h3-13,30H,1-2H3. The van der Waals surface area contributed by atoms with Gasteiger partial charge in [-0.05, 0) is 36.4 Å². The molecule has 0 spiro atoms. The zero-order chi connectivity index (χ0) is 26.1. The Morgan fingerprint density at radius 2 is 1.56 bits per heavy atom. The summed E-state index contributed by atoms with van der Waals surface area (Å²) in [6, 6.07) is 11.5. The molecular formula is C24H18F4N2O5S. The van der Waals surface area contributed by atoms with Crippen LogP contribution in [0.4, 0.5) is 23.2 Å². The number of methoxy groups -OCH3 is 2. The lowest BCUT2D eigenvalue weighted by atomic mass is 10.2. The summed E-state index contributed by atoms with van der Waals surface area (Å²) in [4.78, 5) is 3.25. The van der Waals surface area contributed by atoms with Crippen molar-refractivity contribution in [2.75, 3.05) is 18.9 Å².